The number of hydrogen-bond donors (Lipinski definition) is 3. The van der Waals surface area contributed by atoms with Crippen LogP contribution in [0.5, 0.6) is 0 Å². The maximum absolute atomic E-state index is 12.5. The van der Waals surface area contributed by atoms with Crippen LogP contribution < -0.4 is 16.0 Å². The van der Waals surface area contributed by atoms with Crippen LogP contribution in [0.4, 0.5) is 0 Å². The van der Waals surface area contributed by atoms with Crippen molar-refractivity contribution in [1.82, 2.24) is 30.9 Å². The van der Waals surface area contributed by atoms with E-state index >= 15 is 0 Å². The molecule has 3 rings (SSSR count). The molecule has 3 amide bonds. The molecular formula is C18H22N6O3. The Bertz CT molecular complexity index is 843. The molecule has 27 heavy (non-hydrogen) atoms. The number of likely N-dealkylation sites (N-methyl/N-ethyl adjacent to an activating group) is 1. The van der Waals surface area contributed by atoms with E-state index < -0.39 is 17.4 Å². The van der Waals surface area contributed by atoms with E-state index in [-0.39, 0.29) is 18.2 Å². The van der Waals surface area contributed by atoms with Crippen molar-refractivity contribution in [2.75, 3.05) is 13.6 Å². The smallest absolute Gasteiger partial charge is 0.273 e. The third-order valence-electron chi connectivity index (χ3n) is 4.83. The Morgan fingerprint density at radius 3 is 2.59 bits per heavy atom. The lowest BCUT2D eigenvalue weighted by atomic mass is 9.92. The van der Waals surface area contributed by atoms with Gasteiger partial charge in [-0.05, 0) is 44.9 Å². The molecular weight excluding hydrogens is 348 g/mol. The monoisotopic (exact) mass is 370 g/mol. The Kier molecular flexibility index (Phi) is 5.31. The molecule has 1 aromatic heterocycles. The lowest BCUT2D eigenvalue weighted by molar-refractivity contribution is -0.131. The number of hydrogen-bond acceptors (Lipinski definition) is 6. The molecule has 9 heteroatoms. The third-order valence-corrected chi connectivity index (χ3v) is 4.83. The number of aromatic nitrogens is 3. The number of carbonyl (C=O) groups excluding carboxylic acids is 3. The highest BCUT2D eigenvalue weighted by Gasteiger charge is 2.50. The summed E-state index contributed by atoms with van der Waals surface area (Å²) in [6, 6.07) is 7.59. The molecule has 0 radical (unpaired) electrons. The summed E-state index contributed by atoms with van der Waals surface area (Å²) in [5.74, 6) is -0.829. The molecule has 1 atom stereocenters. The standard InChI is InChI=1S/C18H22N6O3/c1-12-3-7-14(8-4-12)24-22-9-15(23-24)16(26)20-10-18(19-2,13-5-6-13)17(27)21-11-25/h3-4,7-9,11,13,19H,5-6,10H2,1-2H3,(H,20,26)(H,21,25,27). The van der Waals surface area contributed by atoms with Gasteiger partial charge in [-0.25, -0.2) is 0 Å². The molecule has 1 aromatic carbocycles. The highest BCUT2D eigenvalue weighted by atomic mass is 16.2. The quantitative estimate of drug-likeness (QED) is 0.561. The van der Waals surface area contributed by atoms with Gasteiger partial charge in [0.1, 0.15) is 5.54 Å². The molecule has 0 bridgehead atoms. The first-order chi connectivity index (χ1) is 13.0. The average Bonchev–Trinajstić information content (AvgIpc) is 3.40. The van der Waals surface area contributed by atoms with E-state index in [0.29, 0.717) is 6.41 Å². The van der Waals surface area contributed by atoms with E-state index in [4.69, 9.17) is 0 Å². The molecule has 1 fully saturated rings. The predicted octanol–water partition coefficient (Wildman–Crippen LogP) is -0.0537. The third kappa shape index (κ3) is 3.87. The summed E-state index contributed by atoms with van der Waals surface area (Å²) in [6.07, 6.45) is 3.43. The first-order valence-electron chi connectivity index (χ1n) is 8.71. The lowest BCUT2D eigenvalue weighted by Gasteiger charge is -2.31. The molecule has 3 N–H and O–H groups in total. The summed E-state index contributed by atoms with van der Waals surface area (Å²) in [5, 5.41) is 16.2. The highest BCUT2D eigenvalue weighted by Crippen LogP contribution is 2.39. The molecule has 0 aliphatic heterocycles. The fourth-order valence-electron chi connectivity index (χ4n) is 3.05. The van der Waals surface area contributed by atoms with Gasteiger partial charge in [0.2, 0.25) is 12.3 Å². The zero-order chi connectivity index (χ0) is 19.4. The molecule has 142 valence electrons. The van der Waals surface area contributed by atoms with Crippen LogP contribution in [-0.4, -0.2) is 52.3 Å². The van der Waals surface area contributed by atoms with Gasteiger partial charge in [0.15, 0.2) is 5.69 Å². The van der Waals surface area contributed by atoms with E-state index in [1.54, 1.807) is 7.05 Å². The van der Waals surface area contributed by atoms with Gasteiger partial charge in [-0.15, -0.1) is 5.10 Å². The van der Waals surface area contributed by atoms with Crippen molar-refractivity contribution >= 4 is 18.2 Å². The van der Waals surface area contributed by atoms with Gasteiger partial charge >= 0.3 is 0 Å². The van der Waals surface area contributed by atoms with Crippen LogP contribution in [0, 0.1) is 12.8 Å². The van der Waals surface area contributed by atoms with Crippen LogP contribution in [0.3, 0.4) is 0 Å². The van der Waals surface area contributed by atoms with Gasteiger partial charge in [0, 0.05) is 6.54 Å². The maximum Gasteiger partial charge on any atom is 0.273 e. The zero-order valence-electron chi connectivity index (χ0n) is 15.2. The number of benzene rings is 1. The molecule has 1 aliphatic carbocycles. The number of imide groups is 1. The molecule has 9 nitrogen and oxygen atoms in total. The van der Waals surface area contributed by atoms with Crippen LogP contribution in [0.15, 0.2) is 30.5 Å². The number of rotatable bonds is 8. The largest absolute Gasteiger partial charge is 0.348 e. The van der Waals surface area contributed by atoms with E-state index in [9.17, 15) is 14.4 Å². The second-order valence-electron chi connectivity index (χ2n) is 6.62. The molecule has 1 heterocycles. The van der Waals surface area contributed by atoms with Crippen molar-refractivity contribution in [1.29, 1.82) is 0 Å². The fraction of sp³-hybridized carbons (Fsp3) is 0.389. The van der Waals surface area contributed by atoms with E-state index in [2.05, 4.69) is 26.1 Å². The van der Waals surface area contributed by atoms with Crippen molar-refractivity contribution < 1.29 is 14.4 Å². The molecule has 1 unspecified atom stereocenters. The second kappa shape index (κ2) is 7.67. The van der Waals surface area contributed by atoms with Crippen LogP contribution in [-0.2, 0) is 9.59 Å². The molecule has 0 saturated heterocycles. The zero-order valence-corrected chi connectivity index (χ0v) is 15.2. The molecule has 1 aliphatic rings. The summed E-state index contributed by atoms with van der Waals surface area (Å²) in [6.45, 7) is 2.03. The normalized spacial score (nSPS) is 15.6. The van der Waals surface area contributed by atoms with E-state index in [1.807, 2.05) is 31.2 Å². The van der Waals surface area contributed by atoms with Crippen LogP contribution in [0.2, 0.25) is 0 Å². The summed E-state index contributed by atoms with van der Waals surface area (Å²) in [7, 11) is 1.64. The molecule has 1 saturated carbocycles. The van der Waals surface area contributed by atoms with Crippen molar-refractivity contribution in [3.8, 4) is 5.69 Å². The number of aryl methyl sites for hydroxylation is 1. The van der Waals surface area contributed by atoms with Gasteiger partial charge in [-0.1, -0.05) is 17.7 Å². The van der Waals surface area contributed by atoms with Crippen molar-refractivity contribution in [2.24, 2.45) is 5.92 Å². The van der Waals surface area contributed by atoms with Gasteiger partial charge in [0.25, 0.3) is 5.91 Å². The predicted molar refractivity (Wildman–Crippen MR) is 97.2 cm³/mol. The Morgan fingerprint density at radius 2 is 2.00 bits per heavy atom. The van der Waals surface area contributed by atoms with Crippen LogP contribution in [0.1, 0.15) is 28.9 Å². The van der Waals surface area contributed by atoms with Crippen LogP contribution in [0.25, 0.3) is 5.69 Å². The Morgan fingerprint density at radius 1 is 1.30 bits per heavy atom. The summed E-state index contributed by atoms with van der Waals surface area (Å²) in [4.78, 5) is 36.9. The maximum atomic E-state index is 12.5. The van der Waals surface area contributed by atoms with E-state index in [1.165, 1.54) is 11.0 Å². The first-order valence-corrected chi connectivity index (χ1v) is 8.71. The Balaban J connectivity index is 1.70. The number of nitrogens with one attached hydrogen (secondary N) is 3. The number of amides is 3. The van der Waals surface area contributed by atoms with Gasteiger partial charge < -0.3 is 10.6 Å². The van der Waals surface area contributed by atoms with Crippen LogP contribution >= 0.6 is 0 Å². The minimum Gasteiger partial charge on any atom is -0.348 e. The summed E-state index contributed by atoms with van der Waals surface area (Å²) < 4.78 is 0. The van der Waals surface area contributed by atoms with Crippen molar-refractivity contribution in [3.05, 3.63) is 41.7 Å². The van der Waals surface area contributed by atoms with Gasteiger partial charge in [0.05, 0.1) is 11.9 Å². The second-order valence-corrected chi connectivity index (χ2v) is 6.62. The fourth-order valence-corrected chi connectivity index (χ4v) is 3.05. The summed E-state index contributed by atoms with van der Waals surface area (Å²) in [5.41, 5.74) is 0.976. The Labute approximate surface area is 156 Å². The van der Waals surface area contributed by atoms with Gasteiger partial charge in [-0.3, -0.25) is 19.7 Å². The molecule has 2 aromatic rings. The highest BCUT2D eigenvalue weighted by molar-refractivity contribution is 5.96. The number of nitrogens with zero attached hydrogens (tertiary/aromatic N) is 3. The van der Waals surface area contributed by atoms with E-state index in [0.717, 1.165) is 24.1 Å². The topological polar surface area (TPSA) is 118 Å². The molecule has 0 spiro atoms. The van der Waals surface area contributed by atoms with Gasteiger partial charge in [-0.2, -0.15) is 9.90 Å². The van der Waals surface area contributed by atoms with Crippen molar-refractivity contribution in [3.63, 3.8) is 0 Å². The SMILES string of the molecule is CNC(CNC(=O)c1cnn(-c2ccc(C)cc2)n1)(C(=O)NC=O)C1CC1. The Hall–Kier alpha value is -3.07. The minimum absolute atomic E-state index is 0.0457. The average molecular weight is 370 g/mol. The number of carbonyl (C=O) groups is 3. The van der Waals surface area contributed by atoms with Crippen molar-refractivity contribution in [2.45, 2.75) is 25.3 Å². The first kappa shape index (κ1) is 18.7. The lowest BCUT2D eigenvalue weighted by Crippen LogP contribution is -2.63. The summed E-state index contributed by atoms with van der Waals surface area (Å²) >= 11 is 0. The minimum atomic E-state index is -1.02.